The molecular weight excluding hydrogens is 322 g/mol. The zero-order valence-corrected chi connectivity index (χ0v) is 15.1. The number of piperazine rings is 1. The van der Waals surface area contributed by atoms with Crippen LogP contribution in [0.25, 0.3) is 0 Å². The molecule has 0 saturated carbocycles. The van der Waals surface area contributed by atoms with Crippen molar-refractivity contribution < 1.29 is 19.0 Å². The summed E-state index contributed by atoms with van der Waals surface area (Å²) in [5.74, 6) is 0.817. The molecule has 0 radical (unpaired) electrons. The van der Waals surface area contributed by atoms with Crippen molar-refractivity contribution in [1.29, 1.82) is 0 Å². The molecule has 0 bridgehead atoms. The molecule has 138 valence electrons. The number of rotatable bonds is 6. The number of hydrogen-bond acceptors (Lipinski definition) is 6. The van der Waals surface area contributed by atoms with Gasteiger partial charge in [-0.15, -0.1) is 0 Å². The molecule has 7 heteroatoms. The lowest BCUT2D eigenvalue weighted by atomic mass is 10.1. The average molecular weight is 349 g/mol. The fraction of sp³-hybridized carbons (Fsp3) is 0.667. The van der Waals surface area contributed by atoms with Gasteiger partial charge in [0.15, 0.2) is 0 Å². The number of carbonyl (C=O) groups is 1. The summed E-state index contributed by atoms with van der Waals surface area (Å²) in [4.78, 5) is 21.3. The van der Waals surface area contributed by atoms with Crippen molar-refractivity contribution in [3.63, 3.8) is 0 Å². The predicted molar refractivity (Wildman–Crippen MR) is 93.1 cm³/mol. The maximum absolute atomic E-state index is 12.8. The van der Waals surface area contributed by atoms with Gasteiger partial charge in [-0.25, -0.2) is 4.98 Å². The Morgan fingerprint density at radius 1 is 1.24 bits per heavy atom. The topological polar surface area (TPSA) is 64.1 Å². The number of amides is 1. The largest absolute Gasteiger partial charge is 0.492 e. The van der Waals surface area contributed by atoms with Crippen molar-refractivity contribution in [3.8, 4) is 5.75 Å². The number of ether oxygens (including phenoxy) is 3. The summed E-state index contributed by atoms with van der Waals surface area (Å²) < 4.78 is 16.1. The van der Waals surface area contributed by atoms with Gasteiger partial charge < -0.3 is 19.1 Å². The molecule has 0 spiro atoms. The van der Waals surface area contributed by atoms with E-state index in [1.54, 1.807) is 20.4 Å². The Morgan fingerprint density at radius 2 is 1.96 bits per heavy atom. The van der Waals surface area contributed by atoms with Crippen LogP contribution < -0.4 is 4.74 Å². The summed E-state index contributed by atoms with van der Waals surface area (Å²) in [6.07, 6.45) is 3.62. The molecule has 25 heavy (non-hydrogen) atoms. The second-order valence-electron chi connectivity index (χ2n) is 6.52. The number of methoxy groups -OCH3 is 2. The number of pyridine rings is 1. The first kappa shape index (κ1) is 18.1. The molecule has 7 nitrogen and oxygen atoms in total. The highest BCUT2D eigenvalue weighted by Crippen LogP contribution is 2.24. The van der Waals surface area contributed by atoms with Gasteiger partial charge in [0.25, 0.3) is 5.91 Å². The number of carbonyl (C=O) groups excluding carboxylic acids is 1. The summed E-state index contributed by atoms with van der Waals surface area (Å²) in [7, 11) is 3.40. The van der Waals surface area contributed by atoms with Gasteiger partial charge in [0.2, 0.25) is 0 Å². The smallest absolute Gasteiger partial charge is 0.272 e. The second kappa shape index (κ2) is 8.60. The minimum absolute atomic E-state index is 0.00283. The first-order valence-corrected chi connectivity index (χ1v) is 8.86. The third-order valence-electron chi connectivity index (χ3n) is 4.85. The molecule has 3 rings (SSSR count). The van der Waals surface area contributed by atoms with Gasteiger partial charge in [-0.2, -0.15) is 0 Å². The molecule has 1 saturated heterocycles. The van der Waals surface area contributed by atoms with E-state index < -0.39 is 0 Å². The van der Waals surface area contributed by atoms with Gasteiger partial charge in [-0.05, 0) is 24.5 Å². The van der Waals surface area contributed by atoms with Crippen molar-refractivity contribution in [1.82, 2.24) is 14.8 Å². The van der Waals surface area contributed by atoms with Crippen molar-refractivity contribution in [2.45, 2.75) is 18.9 Å². The predicted octanol–water partition coefficient (Wildman–Crippen LogP) is 0.826. The summed E-state index contributed by atoms with van der Waals surface area (Å²) >= 11 is 0. The summed E-state index contributed by atoms with van der Waals surface area (Å²) in [6.45, 7) is 5.01. The van der Waals surface area contributed by atoms with E-state index in [9.17, 15) is 4.79 Å². The monoisotopic (exact) mass is 349 g/mol. The molecule has 2 aliphatic rings. The molecule has 2 aliphatic heterocycles. The molecule has 1 aromatic heterocycles. The highest BCUT2D eigenvalue weighted by molar-refractivity contribution is 5.92. The van der Waals surface area contributed by atoms with Gasteiger partial charge in [-0.1, -0.05) is 0 Å². The summed E-state index contributed by atoms with van der Waals surface area (Å²) in [5.41, 5.74) is 1.60. The second-order valence-corrected chi connectivity index (χ2v) is 6.52. The zero-order chi connectivity index (χ0) is 17.6. The number of aryl methyl sites for hydroxylation is 1. The number of nitrogens with zero attached hydrogens (tertiary/aromatic N) is 3. The molecule has 0 atom stereocenters. The van der Waals surface area contributed by atoms with Crippen LogP contribution in [0.5, 0.6) is 5.75 Å². The summed E-state index contributed by atoms with van der Waals surface area (Å²) in [5, 5.41) is 0. The van der Waals surface area contributed by atoms with E-state index in [2.05, 4.69) is 9.88 Å². The average Bonchev–Trinajstić information content (AvgIpc) is 2.67. The number of hydrogen-bond donors (Lipinski definition) is 0. The molecule has 0 aliphatic carbocycles. The standard InChI is InChI=1S/C18H27N3O4/c1-23-12-15(13-24-2)20-5-7-21(8-6-20)18(22)16-10-14-4-3-9-25-17(14)11-19-16/h10-11,15H,3-9,12-13H2,1-2H3. The van der Waals surface area contributed by atoms with E-state index in [4.69, 9.17) is 14.2 Å². The first-order chi connectivity index (χ1) is 12.2. The SMILES string of the molecule is COCC(COC)N1CCN(C(=O)c2cc3c(cn2)OCCC3)CC1. The number of aromatic nitrogens is 1. The fourth-order valence-corrected chi connectivity index (χ4v) is 3.47. The van der Waals surface area contributed by atoms with E-state index in [0.29, 0.717) is 32.0 Å². The van der Waals surface area contributed by atoms with Crippen molar-refractivity contribution >= 4 is 5.91 Å². The third-order valence-corrected chi connectivity index (χ3v) is 4.85. The maximum atomic E-state index is 12.8. The van der Waals surface area contributed by atoms with Crippen LogP contribution in [0.4, 0.5) is 0 Å². The Kier molecular flexibility index (Phi) is 6.23. The molecule has 0 unspecified atom stereocenters. The molecule has 0 N–H and O–H groups in total. The Hall–Kier alpha value is -1.70. The van der Waals surface area contributed by atoms with Crippen LogP contribution in [0, 0.1) is 0 Å². The van der Waals surface area contributed by atoms with Crippen molar-refractivity contribution in [3.05, 3.63) is 23.5 Å². The lowest BCUT2D eigenvalue weighted by Gasteiger charge is -2.38. The highest BCUT2D eigenvalue weighted by atomic mass is 16.5. The van der Waals surface area contributed by atoms with Crippen LogP contribution >= 0.6 is 0 Å². The van der Waals surface area contributed by atoms with Gasteiger partial charge in [0.05, 0.1) is 32.1 Å². The Bertz CT molecular complexity index is 582. The zero-order valence-electron chi connectivity index (χ0n) is 15.1. The van der Waals surface area contributed by atoms with E-state index in [1.165, 1.54) is 0 Å². The van der Waals surface area contributed by atoms with Crippen LogP contribution in [0.3, 0.4) is 0 Å². The Balaban J connectivity index is 1.59. The molecule has 1 fully saturated rings. The first-order valence-electron chi connectivity index (χ1n) is 8.86. The van der Waals surface area contributed by atoms with E-state index >= 15 is 0 Å². The molecule has 0 aromatic carbocycles. The van der Waals surface area contributed by atoms with Crippen LogP contribution in [0.2, 0.25) is 0 Å². The lowest BCUT2D eigenvalue weighted by Crippen LogP contribution is -2.54. The Labute approximate surface area is 148 Å². The molecule has 1 aromatic rings. The van der Waals surface area contributed by atoms with Gasteiger partial charge in [0, 0.05) is 40.4 Å². The van der Waals surface area contributed by atoms with E-state index in [0.717, 1.165) is 43.9 Å². The van der Waals surface area contributed by atoms with E-state index in [-0.39, 0.29) is 11.9 Å². The molecular formula is C18H27N3O4. The van der Waals surface area contributed by atoms with Crippen molar-refractivity contribution in [2.24, 2.45) is 0 Å². The maximum Gasteiger partial charge on any atom is 0.272 e. The van der Waals surface area contributed by atoms with Crippen LogP contribution in [-0.2, 0) is 15.9 Å². The third kappa shape index (κ3) is 4.29. The van der Waals surface area contributed by atoms with Gasteiger partial charge >= 0.3 is 0 Å². The van der Waals surface area contributed by atoms with Crippen LogP contribution in [-0.4, -0.2) is 87.0 Å². The van der Waals surface area contributed by atoms with Crippen molar-refractivity contribution in [2.75, 3.05) is 60.2 Å². The normalized spacial score (nSPS) is 18.1. The van der Waals surface area contributed by atoms with Gasteiger partial charge in [-0.3, -0.25) is 9.69 Å². The van der Waals surface area contributed by atoms with Crippen LogP contribution in [0.15, 0.2) is 12.3 Å². The highest BCUT2D eigenvalue weighted by Gasteiger charge is 2.27. The quantitative estimate of drug-likeness (QED) is 0.758. The Morgan fingerprint density at radius 3 is 2.64 bits per heavy atom. The lowest BCUT2D eigenvalue weighted by molar-refractivity contribution is 0.0112. The van der Waals surface area contributed by atoms with Crippen LogP contribution in [0.1, 0.15) is 22.5 Å². The minimum atomic E-state index is 0.00283. The minimum Gasteiger partial charge on any atom is -0.492 e. The fourth-order valence-electron chi connectivity index (χ4n) is 3.47. The van der Waals surface area contributed by atoms with E-state index in [1.807, 2.05) is 11.0 Å². The number of fused-ring (bicyclic) bond motifs is 1. The molecule has 1 amide bonds. The summed E-state index contributed by atoms with van der Waals surface area (Å²) in [6, 6.07) is 2.12. The molecule has 3 heterocycles. The van der Waals surface area contributed by atoms with Gasteiger partial charge in [0.1, 0.15) is 11.4 Å².